The monoisotopic (exact) mass is 301 g/mol. The van der Waals surface area contributed by atoms with Gasteiger partial charge in [-0.25, -0.2) is 4.98 Å². The van der Waals surface area contributed by atoms with Crippen molar-refractivity contribution in [3.63, 3.8) is 0 Å². The van der Waals surface area contributed by atoms with E-state index in [0.717, 1.165) is 25.4 Å². The fourth-order valence-corrected chi connectivity index (χ4v) is 3.41. The second kappa shape index (κ2) is 7.14. The predicted molar refractivity (Wildman–Crippen MR) is 87.4 cm³/mol. The highest BCUT2D eigenvalue weighted by molar-refractivity contribution is 5.07. The predicted octanol–water partition coefficient (Wildman–Crippen LogP) is 4.25. The van der Waals surface area contributed by atoms with Gasteiger partial charge in [-0.15, -0.1) is 0 Å². The van der Waals surface area contributed by atoms with Gasteiger partial charge in [0, 0.05) is 19.3 Å². The second-order valence-corrected chi connectivity index (χ2v) is 6.78. The molecule has 4 nitrogen and oxygen atoms in total. The average Bonchev–Trinajstić information content (AvgIpc) is 3.09. The molecule has 1 saturated heterocycles. The summed E-state index contributed by atoms with van der Waals surface area (Å²) < 4.78 is 8.01. The Morgan fingerprint density at radius 2 is 2.23 bits per heavy atom. The third kappa shape index (κ3) is 3.61. The van der Waals surface area contributed by atoms with Crippen molar-refractivity contribution < 1.29 is 4.42 Å². The maximum absolute atomic E-state index is 5.71. The molecule has 3 rings (SSSR count). The first-order valence-electron chi connectivity index (χ1n) is 8.50. The quantitative estimate of drug-likeness (QED) is 0.828. The summed E-state index contributed by atoms with van der Waals surface area (Å²) in [5, 5.41) is 0. The molecule has 3 heterocycles. The van der Waals surface area contributed by atoms with E-state index < -0.39 is 0 Å². The molecule has 0 spiro atoms. The van der Waals surface area contributed by atoms with Crippen LogP contribution >= 0.6 is 0 Å². The Morgan fingerprint density at radius 1 is 1.32 bits per heavy atom. The number of rotatable bonds is 5. The Morgan fingerprint density at radius 3 is 3.00 bits per heavy atom. The highest BCUT2D eigenvalue weighted by Crippen LogP contribution is 2.31. The van der Waals surface area contributed by atoms with Crippen molar-refractivity contribution in [3.8, 4) is 0 Å². The van der Waals surface area contributed by atoms with Gasteiger partial charge in [0.25, 0.3) is 0 Å². The summed E-state index contributed by atoms with van der Waals surface area (Å²) in [6, 6.07) is 4.52. The average molecular weight is 301 g/mol. The summed E-state index contributed by atoms with van der Waals surface area (Å²) >= 11 is 0. The van der Waals surface area contributed by atoms with E-state index >= 15 is 0 Å². The molecule has 0 saturated carbocycles. The van der Waals surface area contributed by atoms with Crippen molar-refractivity contribution in [2.45, 2.75) is 58.7 Å². The van der Waals surface area contributed by atoms with Crippen LogP contribution in [0, 0.1) is 5.92 Å². The van der Waals surface area contributed by atoms with Gasteiger partial charge < -0.3 is 8.98 Å². The number of hydrogen-bond donors (Lipinski definition) is 0. The van der Waals surface area contributed by atoms with E-state index in [9.17, 15) is 0 Å². The van der Waals surface area contributed by atoms with Crippen molar-refractivity contribution in [1.29, 1.82) is 0 Å². The normalized spacial score (nSPS) is 20.4. The van der Waals surface area contributed by atoms with Crippen LogP contribution in [0.1, 0.15) is 57.0 Å². The van der Waals surface area contributed by atoms with E-state index in [1.54, 1.807) is 6.26 Å². The van der Waals surface area contributed by atoms with Crippen molar-refractivity contribution >= 4 is 0 Å². The van der Waals surface area contributed by atoms with E-state index in [2.05, 4.69) is 34.4 Å². The van der Waals surface area contributed by atoms with E-state index in [-0.39, 0.29) is 0 Å². The number of likely N-dealkylation sites (tertiary alicyclic amines) is 1. The van der Waals surface area contributed by atoms with Gasteiger partial charge in [-0.3, -0.25) is 4.90 Å². The van der Waals surface area contributed by atoms with Gasteiger partial charge in [0.05, 0.1) is 24.3 Å². The van der Waals surface area contributed by atoms with Gasteiger partial charge in [-0.05, 0) is 37.4 Å². The Kier molecular flexibility index (Phi) is 4.98. The first kappa shape index (κ1) is 15.3. The molecule has 0 unspecified atom stereocenters. The fraction of sp³-hybridized carbons (Fsp3) is 0.611. The van der Waals surface area contributed by atoms with Gasteiger partial charge >= 0.3 is 0 Å². The summed E-state index contributed by atoms with van der Waals surface area (Å²) in [7, 11) is 0. The first-order valence-corrected chi connectivity index (χ1v) is 8.50. The summed E-state index contributed by atoms with van der Waals surface area (Å²) in [5.74, 6) is 1.75. The standard InChI is InChI=1S/C18H27N3O/c1-15(2)12-21-14-19-11-16(21)13-20-9-5-3-4-7-17(20)18-8-6-10-22-18/h6,8,10-11,14-15,17H,3-5,7,9,12-13H2,1-2H3/t17-/m0/s1. The van der Waals surface area contributed by atoms with Gasteiger partial charge in [-0.2, -0.15) is 0 Å². The van der Waals surface area contributed by atoms with Crippen LogP contribution < -0.4 is 0 Å². The third-order valence-corrected chi connectivity index (χ3v) is 4.46. The second-order valence-electron chi connectivity index (χ2n) is 6.78. The molecule has 2 aromatic heterocycles. The molecule has 0 aliphatic carbocycles. The molecular weight excluding hydrogens is 274 g/mol. The molecule has 2 aromatic rings. The zero-order chi connectivity index (χ0) is 15.4. The van der Waals surface area contributed by atoms with Gasteiger partial charge in [0.1, 0.15) is 5.76 Å². The smallest absolute Gasteiger partial charge is 0.120 e. The number of nitrogens with zero attached hydrogens (tertiary/aromatic N) is 3. The number of furan rings is 1. The number of aromatic nitrogens is 2. The molecule has 1 atom stereocenters. The highest BCUT2D eigenvalue weighted by atomic mass is 16.3. The Balaban J connectivity index is 1.77. The van der Waals surface area contributed by atoms with Crippen molar-refractivity contribution in [3.05, 3.63) is 42.4 Å². The van der Waals surface area contributed by atoms with Gasteiger partial charge in [0.2, 0.25) is 0 Å². The first-order chi connectivity index (χ1) is 10.7. The summed E-state index contributed by atoms with van der Waals surface area (Å²) in [6.07, 6.45) is 10.8. The van der Waals surface area contributed by atoms with Crippen LogP contribution in [-0.2, 0) is 13.1 Å². The summed E-state index contributed by atoms with van der Waals surface area (Å²) in [6.45, 7) is 7.63. The lowest BCUT2D eigenvalue weighted by molar-refractivity contribution is 0.165. The van der Waals surface area contributed by atoms with Gasteiger partial charge in [-0.1, -0.05) is 26.7 Å². The third-order valence-electron chi connectivity index (χ3n) is 4.46. The fourth-order valence-electron chi connectivity index (χ4n) is 3.41. The molecule has 0 bridgehead atoms. The maximum Gasteiger partial charge on any atom is 0.120 e. The zero-order valence-electron chi connectivity index (χ0n) is 13.7. The molecule has 0 aromatic carbocycles. The van der Waals surface area contributed by atoms with Crippen LogP contribution in [0.2, 0.25) is 0 Å². The molecule has 1 fully saturated rings. The number of imidazole rings is 1. The molecule has 0 radical (unpaired) electrons. The minimum Gasteiger partial charge on any atom is -0.468 e. The van der Waals surface area contributed by atoms with Crippen LogP contribution in [0.15, 0.2) is 35.3 Å². The minimum absolute atomic E-state index is 0.403. The summed E-state index contributed by atoms with van der Waals surface area (Å²) in [5.41, 5.74) is 1.31. The molecule has 120 valence electrons. The SMILES string of the molecule is CC(C)Cn1cncc1CN1CCCCC[C@H]1c1ccco1. The molecule has 1 aliphatic rings. The van der Waals surface area contributed by atoms with Crippen LogP contribution in [-0.4, -0.2) is 21.0 Å². The van der Waals surface area contributed by atoms with Crippen LogP contribution in [0.5, 0.6) is 0 Å². The van der Waals surface area contributed by atoms with E-state index in [0.29, 0.717) is 12.0 Å². The lowest BCUT2D eigenvalue weighted by atomic mass is 10.1. The lowest BCUT2D eigenvalue weighted by Crippen LogP contribution is -2.29. The van der Waals surface area contributed by atoms with Crippen molar-refractivity contribution in [1.82, 2.24) is 14.5 Å². The van der Waals surface area contributed by atoms with E-state index in [4.69, 9.17) is 4.42 Å². The molecular formula is C18H27N3O. The topological polar surface area (TPSA) is 34.2 Å². The minimum atomic E-state index is 0.403. The van der Waals surface area contributed by atoms with Crippen LogP contribution in [0.4, 0.5) is 0 Å². The molecule has 0 N–H and O–H groups in total. The Labute approximate surface area is 133 Å². The van der Waals surface area contributed by atoms with Crippen LogP contribution in [0.3, 0.4) is 0 Å². The van der Waals surface area contributed by atoms with Crippen LogP contribution in [0.25, 0.3) is 0 Å². The molecule has 0 amide bonds. The molecule has 22 heavy (non-hydrogen) atoms. The summed E-state index contributed by atoms with van der Waals surface area (Å²) in [4.78, 5) is 6.93. The largest absolute Gasteiger partial charge is 0.468 e. The highest BCUT2D eigenvalue weighted by Gasteiger charge is 2.25. The lowest BCUT2D eigenvalue weighted by Gasteiger charge is -2.28. The van der Waals surface area contributed by atoms with E-state index in [1.807, 2.05) is 18.6 Å². The maximum atomic E-state index is 5.71. The van der Waals surface area contributed by atoms with Gasteiger partial charge in [0.15, 0.2) is 0 Å². The molecule has 1 aliphatic heterocycles. The zero-order valence-corrected chi connectivity index (χ0v) is 13.7. The number of hydrogen-bond acceptors (Lipinski definition) is 3. The Bertz CT molecular complexity index is 559. The Hall–Kier alpha value is -1.55. The van der Waals surface area contributed by atoms with Crippen molar-refractivity contribution in [2.75, 3.05) is 6.54 Å². The van der Waals surface area contributed by atoms with Crippen molar-refractivity contribution in [2.24, 2.45) is 5.92 Å². The van der Waals surface area contributed by atoms with E-state index in [1.165, 1.54) is 31.4 Å². The molecule has 4 heteroatoms.